The number of benzene rings is 3. The number of anilines is 1. The molecule has 1 atom stereocenters. The van der Waals surface area contributed by atoms with E-state index in [0.29, 0.717) is 11.3 Å². The fraction of sp³-hybridized carbons (Fsp3) is 0.286. The number of sulfonamides is 1. The first-order valence-corrected chi connectivity index (χ1v) is 14.0. The first-order chi connectivity index (χ1) is 18.4. The summed E-state index contributed by atoms with van der Waals surface area (Å²) in [4.78, 5) is 27.9. The highest BCUT2D eigenvalue weighted by Gasteiger charge is 2.32. The van der Waals surface area contributed by atoms with Crippen LogP contribution in [0.4, 0.5) is 10.1 Å². The fourth-order valence-corrected chi connectivity index (χ4v) is 5.40. The van der Waals surface area contributed by atoms with E-state index in [1.807, 2.05) is 0 Å². The summed E-state index contributed by atoms with van der Waals surface area (Å²) in [7, 11) is -2.78. The third-order valence-corrected chi connectivity index (χ3v) is 7.91. The number of rotatable bonds is 11. The maximum Gasteiger partial charge on any atom is 0.264 e. The van der Waals surface area contributed by atoms with Gasteiger partial charge in [0.05, 0.1) is 17.7 Å². The van der Waals surface area contributed by atoms with Crippen LogP contribution in [0.1, 0.15) is 26.3 Å². The summed E-state index contributed by atoms with van der Waals surface area (Å²) in [5, 5.41) is 3.06. The van der Waals surface area contributed by atoms with Crippen LogP contribution in [-0.4, -0.2) is 50.9 Å². The van der Waals surface area contributed by atoms with E-state index in [1.54, 1.807) is 32.9 Å². The fourth-order valence-electron chi connectivity index (χ4n) is 3.81. The third kappa shape index (κ3) is 7.70. The van der Waals surface area contributed by atoms with Gasteiger partial charge in [0.25, 0.3) is 10.0 Å². The maximum atomic E-state index is 13.8. The molecule has 3 aromatic carbocycles. The molecule has 0 aromatic heterocycles. The van der Waals surface area contributed by atoms with Gasteiger partial charge in [-0.3, -0.25) is 13.9 Å². The van der Waals surface area contributed by atoms with E-state index in [-0.39, 0.29) is 28.2 Å². The highest BCUT2D eigenvalue weighted by atomic mass is 35.5. The van der Waals surface area contributed by atoms with Crippen LogP contribution in [0.5, 0.6) is 5.75 Å². The van der Waals surface area contributed by atoms with Crippen molar-refractivity contribution in [3.63, 3.8) is 0 Å². The molecule has 39 heavy (non-hydrogen) atoms. The largest absolute Gasteiger partial charge is 0.497 e. The molecule has 0 heterocycles. The molecule has 0 aliphatic heterocycles. The highest BCUT2D eigenvalue weighted by Crippen LogP contribution is 2.28. The zero-order valence-electron chi connectivity index (χ0n) is 22.1. The molecular formula is C28H31ClFN3O5S. The second-order valence-corrected chi connectivity index (χ2v) is 11.5. The minimum Gasteiger partial charge on any atom is -0.497 e. The van der Waals surface area contributed by atoms with E-state index < -0.39 is 40.2 Å². The smallest absolute Gasteiger partial charge is 0.264 e. The van der Waals surface area contributed by atoms with Gasteiger partial charge in [0, 0.05) is 17.6 Å². The first-order valence-electron chi connectivity index (χ1n) is 12.2. The van der Waals surface area contributed by atoms with Gasteiger partial charge in [-0.15, -0.1) is 0 Å². The SMILES string of the molecule is COc1ccc(S(=O)(=O)N(CC(=O)N(Cc2ccc(F)cc2)[C@@H](C)C(=O)NC(C)C)c2cccc(Cl)c2)cc1. The predicted molar refractivity (Wildman–Crippen MR) is 149 cm³/mol. The van der Waals surface area contributed by atoms with Gasteiger partial charge in [-0.25, -0.2) is 12.8 Å². The molecule has 0 radical (unpaired) electrons. The van der Waals surface area contributed by atoms with Gasteiger partial charge in [0.2, 0.25) is 11.8 Å². The van der Waals surface area contributed by atoms with Crippen LogP contribution in [0.25, 0.3) is 0 Å². The lowest BCUT2D eigenvalue weighted by atomic mass is 10.1. The Morgan fingerprint density at radius 2 is 1.64 bits per heavy atom. The zero-order valence-corrected chi connectivity index (χ0v) is 23.7. The van der Waals surface area contributed by atoms with Crippen LogP contribution >= 0.6 is 11.6 Å². The Hall–Kier alpha value is -3.63. The number of carbonyl (C=O) groups excluding carboxylic acids is 2. The van der Waals surface area contributed by atoms with Gasteiger partial charge in [-0.05, 0) is 80.9 Å². The molecule has 0 saturated heterocycles. The van der Waals surface area contributed by atoms with Crippen LogP contribution in [0.2, 0.25) is 5.02 Å². The minimum absolute atomic E-state index is 0.0439. The number of halogens is 2. The molecule has 2 amide bonds. The van der Waals surface area contributed by atoms with Crippen LogP contribution in [0.15, 0.2) is 77.7 Å². The molecule has 0 unspecified atom stereocenters. The Balaban J connectivity index is 2.03. The topological polar surface area (TPSA) is 96.0 Å². The first kappa shape index (κ1) is 29.9. The zero-order chi connectivity index (χ0) is 28.7. The lowest BCUT2D eigenvalue weighted by Crippen LogP contribution is -2.52. The van der Waals surface area contributed by atoms with Crippen molar-refractivity contribution in [2.45, 2.75) is 44.3 Å². The average Bonchev–Trinajstić information content (AvgIpc) is 2.90. The number of hydrogen-bond donors (Lipinski definition) is 1. The monoisotopic (exact) mass is 575 g/mol. The number of hydrogen-bond acceptors (Lipinski definition) is 5. The second-order valence-electron chi connectivity index (χ2n) is 9.15. The number of nitrogens with one attached hydrogen (secondary N) is 1. The van der Waals surface area contributed by atoms with Crippen molar-refractivity contribution in [3.05, 3.63) is 89.2 Å². The highest BCUT2D eigenvalue weighted by molar-refractivity contribution is 7.92. The number of carbonyl (C=O) groups is 2. The van der Waals surface area contributed by atoms with Crippen molar-refractivity contribution in [2.75, 3.05) is 18.0 Å². The second kappa shape index (κ2) is 12.9. The normalized spacial score (nSPS) is 12.1. The Morgan fingerprint density at radius 1 is 1.00 bits per heavy atom. The lowest BCUT2D eigenvalue weighted by molar-refractivity contribution is -0.139. The molecule has 3 rings (SSSR count). The van der Waals surface area contributed by atoms with E-state index in [0.717, 1.165) is 4.31 Å². The molecule has 0 spiro atoms. The van der Waals surface area contributed by atoms with Crippen molar-refractivity contribution in [1.29, 1.82) is 0 Å². The van der Waals surface area contributed by atoms with Crippen LogP contribution in [0, 0.1) is 5.82 Å². The molecule has 0 saturated carbocycles. The van der Waals surface area contributed by atoms with E-state index in [1.165, 1.54) is 72.7 Å². The van der Waals surface area contributed by atoms with Crippen molar-refractivity contribution in [1.82, 2.24) is 10.2 Å². The molecular weight excluding hydrogens is 545 g/mol. The van der Waals surface area contributed by atoms with Crippen LogP contribution in [-0.2, 0) is 26.2 Å². The third-order valence-electron chi connectivity index (χ3n) is 5.89. The molecule has 0 aliphatic rings. The number of nitrogens with zero attached hydrogens (tertiary/aromatic N) is 2. The molecule has 0 aliphatic carbocycles. The summed E-state index contributed by atoms with van der Waals surface area (Å²) >= 11 is 6.17. The van der Waals surface area contributed by atoms with E-state index in [4.69, 9.17) is 16.3 Å². The minimum atomic E-state index is -4.25. The average molecular weight is 576 g/mol. The predicted octanol–water partition coefficient (Wildman–Crippen LogP) is 4.62. The van der Waals surface area contributed by atoms with E-state index in [2.05, 4.69) is 5.32 Å². The van der Waals surface area contributed by atoms with Crippen molar-refractivity contribution >= 4 is 39.1 Å². The molecule has 1 N–H and O–H groups in total. The molecule has 208 valence electrons. The van der Waals surface area contributed by atoms with Gasteiger partial charge >= 0.3 is 0 Å². The van der Waals surface area contributed by atoms with Crippen molar-refractivity contribution < 1.29 is 27.1 Å². The summed E-state index contributed by atoms with van der Waals surface area (Å²) in [5.41, 5.74) is 0.744. The number of amides is 2. The summed E-state index contributed by atoms with van der Waals surface area (Å²) in [6.07, 6.45) is 0. The van der Waals surface area contributed by atoms with Crippen LogP contribution < -0.4 is 14.4 Å². The lowest BCUT2D eigenvalue weighted by Gasteiger charge is -2.32. The van der Waals surface area contributed by atoms with Crippen molar-refractivity contribution in [2.24, 2.45) is 0 Å². The standard InChI is InChI=1S/C28H31ClFN3O5S/c1-19(2)31-28(35)20(3)32(17-21-8-10-23(30)11-9-21)27(34)18-33(24-7-5-6-22(29)16-24)39(36,37)26-14-12-25(38-4)13-15-26/h5-16,19-20H,17-18H2,1-4H3,(H,31,35)/t20-/m0/s1. The van der Waals surface area contributed by atoms with E-state index >= 15 is 0 Å². The van der Waals surface area contributed by atoms with Gasteiger partial charge in [0.15, 0.2) is 0 Å². The molecule has 11 heteroatoms. The Bertz CT molecular complexity index is 1400. The summed E-state index contributed by atoms with van der Waals surface area (Å²) in [5.74, 6) is -1.02. The van der Waals surface area contributed by atoms with E-state index in [9.17, 15) is 22.4 Å². The Morgan fingerprint density at radius 3 is 2.21 bits per heavy atom. The molecule has 8 nitrogen and oxygen atoms in total. The maximum absolute atomic E-state index is 13.8. The van der Waals surface area contributed by atoms with Gasteiger partial charge < -0.3 is 15.0 Å². The molecule has 0 fully saturated rings. The number of ether oxygens (including phenoxy) is 1. The quantitative estimate of drug-likeness (QED) is 0.360. The molecule has 0 bridgehead atoms. The number of methoxy groups -OCH3 is 1. The van der Waals surface area contributed by atoms with Gasteiger partial charge in [-0.1, -0.05) is 29.8 Å². The van der Waals surface area contributed by atoms with Gasteiger partial charge in [0.1, 0.15) is 24.2 Å². The summed E-state index contributed by atoms with van der Waals surface area (Å²) in [6.45, 7) is 4.48. The summed E-state index contributed by atoms with van der Waals surface area (Å²) in [6, 6.07) is 16.3. The molecule has 3 aromatic rings. The van der Waals surface area contributed by atoms with Crippen molar-refractivity contribution in [3.8, 4) is 5.75 Å². The van der Waals surface area contributed by atoms with Crippen LogP contribution in [0.3, 0.4) is 0 Å². The Kier molecular flexibility index (Phi) is 9.93. The Labute approximate surface area is 233 Å². The van der Waals surface area contributed by atoms with Gasteiger partial charge in [-0.2, -0.15) is 0 Å². The summed E-state index contributed by atoms with van der Waals surface area (Å²) < 4.78 is 47.2.